The molecule has 1 heterocycles. The summed E-state index contributed by atoms with van der Waals surface area (Å²) in [4.78, 5) is 0. The molecule has 1 aromatic heterocycles. The highest BCUT2D eigenvalue weighted by Crippen LogP contribution is 2.17. The van der Waals surface area contributed by atoms with Crippen LogP contribution in [0.3, 0.4) is 0 Å². The maximum atomic E-state index is 4.83. The van der Waals surface area contributed by atoms with Crippen molar-refractivity contribution in [2.75, 3.05) is 0 Å². The molecule has 1 nitrogen and oxygen atoms in total. The van der Waals surface area contributed by atoms with Crippen LogP contribution in [0.1, 0.15) is 5.56 Å². The smallest absolute Gasteiger partial charge is 0.0975 e. The van der Waals surface area contributed by atoms with Gasteiger partial charge in [-0.1, -0.05) is 0 Å². The first kappa shape index (κ1) is 7.09. The predicted molar refractivity (Wildman–Crippen MR) is 44.5 cm³/mol. The van der Waals surface area contributed by atoms with E-state index in [0.717, 1.165) is 8.96 Å². The first-order chi connectivity index (χ1) is 4.29. The van der Waals surface area contributed by atoms with Crippen molar-refractivity contribution in [3.63, 3.8) is 0 Å². The highest BCUT2D eigenvalue weighted by molar-refractivity contribution is 9.28. The molecule has 0 fully saturated rings. The topological polar surface area (TPSA) is 13.1 Å². The molecule has 0 saturated heterocycles. The second-order valence-corrected chi connectivity index (χ2v) is 4.26. The second kappa shape index (κ2) is 3.22. The molecule has 0 atom stereocenters. The minimum Gasteiger partial charge on any atom is -0.472 e. The standard InChI is InChI=1S/C6H4Br2O/c7-6(8)3-5-1-2-9-4-5/h1-4H. The summed E-state index contributed by atoms with van der Waals surface area (Å²) < 4.78 is 5.74. The summed E-state index contributed by atoms with van der Waals surface area (Å²) in [5, 5.41) is 0. The molecule has 0 N–H and O–H groups in total. The van der Waals surface area contributed by atoms with E-state index < -0.39 is 0 Å². The van der Waals surface area contributed by atoms with Crippen LogP contribution >= 0.6 is 31.9 Å². The molecule has 9 heavy (non-hydrogen) atoms. The fourth-order valence-corrected chi connectivity index (χ4v) is 1.01. The van der Waals surface area contributed by atoms with Gasteiger partial charge in [0.25, 0.3) is 0 Å². The van der Waals surface area contributed by atoms with Crippen molar-refractivity contribution < 1.29 is 4.42 Å². The van der Waals surface area contributed by atoms with Gasteiger partial charge >= 0.3 is 0 Å². The van der Waals surface area contributed by atoms with Gasteiger partial charge in [0, 0.05) is 5.56 Å². The maximum absolute atomic E-state index is 4.83. The Morgan fingerprint density at radius 2 is 2.33 bits per heavy atom. The van der Waals surface area contributed by atoms with Gasteiger partial charge in [-0.3, -0.25) is 0 Å². The number of halogens is 2. The summed E-state index contributed by atoms with van der Waals surface area (Å²) in [6.07, 6.45) is 5.21. The molecule has 3 heteroatoms. The maximum Gasteiger partial charge on any atom is 0.0975 e. The van der Waals surface area contributed by atoms with Crippen molar-refractivity contribution in [1.29, 1.82) is 0 Å². The Morgan fingerprint density at radius 1 is 1.56 bits per heavy atom. The van der Waals surface area contributed by atoms with E-state index in [4.69, 9.17) is 4.42 Å². The van der Waals surface area contributed by atoms with E-state index in [1.54, 1.807) is 12.5 Å². The normalized spacial score (nSPS) is 9.11. The molecular formula is C6H4Br2O. The molecule has 0 aliphatic heterocycles. The van der Waals surface area contributed by atoms with E-state index in [9.17, 15) is 0 Å². The van der Waals surface area contributed by atoms with E-state index in [0.29, 0.717) is 0 Å². The second-order valence-electron chi connectivity index (χ2n) is 1.49. The van der Waals surface area contributed by atoms with Gasteiger partial charge in [0.05, 0.1) is 15.9 Å². The first-order valence-corrected chi connectivity index (χ1v) is 3.92. The summed E-state index contributed by atoms with van der Waals surface area (Å²) in [7, 11) is 0. The number of hydrogen-bond donors (Lipinski definition) is 0. The molecule has 0 radical (unpaired) electrons. The van der Waals surface area contributed by atoms with Gasteiger partial charge in [-0.05, 0) is 44.0 Å². The van der Waals surface area contributed by atoms with Crippen molar-refractivity contribution in [3.8, 4) is 0 Å². The SMILES string of the molecule is BrC(Br)=Cc1ccoc1. The zero-order valence-corrected chi connectivity index (χ0v) is 7.65. The van der Waals surface area contributed by atoms with Gasteiger partial charge in [-0.25, -0.2) is 0 Å². The summed E-state index contributed by atoms with van der Waals surface area (Å²) in [6, 6.07) is 1.88. The third-order valence-corrected chi connectivity index (χ3v) is 1.28. The minimum atomic E-state index is 0.913. The van der Waals surface area contributed by atoms with Crippen LogP contribution in [0.5, 0.6) is 0 Å². The zero-order chi connectivity index (χ0) is 6.69. The monoisotopic (exact) mass is 250 g/mol. The Morgan fingerprint density at radius 3 is 2.78 bits per heavy atom. The van der Waals surface area contributed by atoms with Crippen molar-refractivity contribution in [1.82, 2.24) is 0 Å². The van der Waals surface area contributed by atoms with Crippen LogP contribution in [-0.4, -0.2) is 0 Å². The van der Waals surface area contributed by atoms with Gasteiger partial charge in [-0.2, -0.15) is 0 Å². The van der Waals surface area contributed by atoms with Crippen molar-refractivity contribution in [3.05, 3.63) is 27.5 Å². The molecule has 0 aliphatic carbocycles. The highest BCUT2D eigenvalue weighted by Gasteiger charge is 1.87. The lowest BCUT2D eigenvalue weighted by Gasteiger charge is -1.79. The van der Waals surface area contributed by atoms with E-state index in [1.807, 2.05) is 12.1 Å². The minimum absolute atomic E-state index is 0.913. The fourth-order valence-electron chi connectivity index (χ4n) is 0.483. The van der Waals surface area contributed by atoms with Crippen LogP contribution in [0.25, 0.3) is 6.08 Å². The van der Waals surface area contributed by atoms with Crippen molar-refractivity contribution in [2.45, 2.75) is 0 Å². The van der Waals surface area contributed by atoms with E-state index in [2.05, 4.69) is 31.9 Å². The van der Waals surface area contributed by atoms with Gasteiger partial charge in [-0.15, -0.1) is 0 Å². The third kappa shape index (κ3) is 2.37. The predicted octanol–water partition coefficient (Wildman–Crippen LogP) is 3.37. The van der Waals surface area contributed by atoms with Crippen LogP contribution in [-0.2, 0) is 0 Å². The van der Waals surface area contributed by atoms with Crippen LogP contribution in [0, 0.1) is 0 Å². The van der Waals surface area contributed by atoms with Crippen LogP contribution < -0.4 is 0 Å². The van der Waals surface area contributed by atoms with Gasteiger partial charge in [0.1, 0.15) is 0 Å². The lowest BCUT2D eigenvalue weighted by molar-refractivity contribution is 0.567. The molecule has 0 amide bonds. The zero-order valence-electron chi connectivity index (χ0n) is 4.47. The molecule has 0 bridgehead atoms. The lowest BCUT2D eigenvalue weighted by atomic mass is 10.3. The molecule has 0 aliphatic rings. The average Bonchev–Trinajstić information content (AvgIpc) is 2.15. The van der Waals surface area contributed by atoms with E-state index in [-0.39, 0.29) is 0 Å². The first-order valence-electron chi connectivity index (χ1n) is 2.34. The molecule has 0 unspecified atom stereocenters. The Balaban J connectivity index is 2.80. The Hall–Kier alpha value is -0.0200. The average molecular weight is 252 g/mol. The Labute approximate surface area is 70.0 Å². The lowest BCUT2D eigenvalue weighted by Crippen LogP contribution is -1.56. The summed E-state index contributed by atoms with van der Waals surface area (Å²) in [5.74, 6) is 0. The molecule has 48 valence electrons. The Kier molecular flexibility index (Phi) is 2.54. The van der Waals surface area contributed by atoms with Crippen LogP contribution in [0.15, 0.2) is 26.4 Å². The Bertz CT molecular complexity index is 197. The largest absolute Gasteiger partial charge is 0.472 e. The molecule has 1 rings (SSSR count). The summed E-state index contributed by atoms with van der Waals surface area (Å²) in [5.41, 5.74) is 1.04. The third-order valence-electron chi connectivity index (χ3n) is 0.819. The highest BCUT2D eigenvalue weighted by atomic mass is 79.9. The van der Waals surface area contributed by atoms with Crippen molar-refractivity contribution >= 4 is 37.9 Å². The van der Waals surface area contributed by atoms with Gasteiger partial charge < -0.3 is 4.42 Å². The molecule has 0 saturated carbocycles. The summed E-state index contributed by atoms with van der Waals surface area (Å²) >= 11 is 6.46. The molecule has 0 aromatic carbocycles. The molecular weight excluding hydrogens is 248 g/mol. The summed E-state index contributed by atoms with van der Waals surface area (Å²) in [6.45, 7) is 0. The molecule has 1 aromatic rings. The fraction of sp³-hybridized carbons (Fsp3) is 0. The number of hydrogen-bond acceptors (Lipinski definition) is 1. The van der Waals surface area contributed by atoms with Gasteiger partial charge in [0.15, 0.2) is 0 Å². The van der Waals surface area contributed by atoms with Gasteiger partial charge in [0.2, 0.25) is 0 Å². The number of rotatable bonds is 1. The van der Waals surface area contributed by atoms with Crippen LogP contribution in [0.4, 0.5) is 0 Å². The van der Waals surface area contributed by atoms with Crippen molar-refractivity contribution in [2.24, 2.45) is 0 Å². The van der Waals surface area contributed by atoms with Crippen LogP contribution in [0.2, 0.25) is 0 Å². The molecule has 0 spiro atoms. The quantitative estimate of drug-likeness (QED) is 0.746. The number of furan rings is 1. The van der Waals surface area contributed by atoms with E-state index >= 15 is 0 Å². The van der Waals surface area contributed by atoms with E-state index in [1.165, 1.54) is 0 Å².